The number of imidazole rings is 1. The molecule has 2 aromatic heterocycles. The van der Waals surface area contributed by atoms with Gasteiger partial charge in [-0.3, -0.25) is 14.2 Å². The molecule has 3 aromatic rings. The number of aryl methyl sites for hydroxylation is 1. The second-order valence-electron chi connectivity index (χ2n) is 6.13. The van der Waals surface area contributed by atoms with Crippen molar-refractivity contribution in [2.75, 3.05) is 12.3 Å². The number of thiophene rings is 1. The molecule has 3 rings (SSSR count). The van der Waals surface area contributed by atoms with Gasteiger partial charge in [0.2, 0.25) is 5.91 Å². The third-order valence-electron chi connectivity index (χ3n) is 3.90. The number of Topliss-reactive ketones (excluding diaryl/α,β-unsaturated/α-hetero) is 1. The fourth-order valence-electron chi connectivity index (χ4n) is 2.60. The summed E-state index contributed by atoms with van der Waals surface area (Å²) in [4.78, 5) is 29.7. The highest BCUT2D eigenvalue weighted by Crippen LogP contribution is 2.24. The smallest absolute Gasteiger partial charge is 0.216 e. The summed E-state index contributed by atoms with van der Waals surface area (Å²) in [5.41, 5.74) is 2.22. The van der Waals surface area contributed by atoms with Crippen molar-refractivity contribution in [3.8, 4) is 5.69 Å². The molecule has 1 amide bonds. The standard InChI is InChI=1S/C20H21N3O2S2/c1-14-4-3-5-16(12-14)23-11-10-22-20(23)26-13-18(25)19-7-6-17(27-19)8-9-21-15(2)24/h3-7,10-12H,8-9,13H2,1-2H3,(H,21,24). The minimum Gasteiger partial charge on any atom is -0.356 e. The molecule has 0 bridgehead atoms. The van der Waals surface area contributed by atoms with Crippen LogP contribution in [-0.4, -0.2) is 33.5 Å². The van der Waals surface area contributed by atoms with Crippen LogP contribution in [0.4, 0.5) is 0 Å². The van der Waals surface area contributed by atoms with Crippen molar-refractivity contribution in [2.24, 2.45) is 0 Å². The second kappa shape index (κ2) is 9.01. The van der Waals surface area contributed by atoms with Crippen molar-refractivity contribution < 1.29 is 9.59 Å². The monoisotopic (exact) mass is 399 g/mol. The van der Waals surface area contributed by atoms with Crippen molar-refractivity contribution >= 4 is 34.8 Å². The Morgan fingerprint density at radius 3 is 2.89 bits per heavy atom. The van der Waals surface area contributed by atoms with Crippen LogP contribution >= 0.6 is 23.1 Å². The Kier molecular flexibility index (Phi) is 6.47. The van der Waals surface area contributed by atoms with Crippen molar-refractivity contribution in [1.82, 2.24) is 14.9 Å². The first-order chi connectivity index (χ1) is 13.0. The Morgan fingerprint density at radius 2 is 2.11 bits per heavy atom. The number of rotatable bonds is 8. The number of carbonyl (C=O) groups excluding carboxylic acids is 2. The molecule has 0 saturated carbocycles. The summed E-state index contributed by atoms with van der Waals surface area (Å²) < 4.78 is 2.00. The van der Waals surface area contributed by atoms with E-state index in [4.69, 9.17) is 0 Å². The molecule has 1 N–H and O–H groups in total. The Morgan fingerprint density at radius 1 is 1.26 bits per heavy atom. The highest BCUT2D eigenvalue weighted by atomic mass is 32.2. The molecule has 0 fully saturated rings. The van der Waals surface area contributed by atoms with Crippen LogP contribution in [0.2, 0.25) is 0 Å². The van der Waals surface area contributed by atoms with Crippen molar-refractivity contribution in [3.63, 3.8) is 0 Å². The van der Waals surface area contributed by atoms with Crippen LogP contribution in [0.25, 0.3) is 5.69 Å². The maximum absolute atomic E-state index is 12.5. The summed E-state index contributed by atoms with van der Waals surface area (Å²) in [5.74, 6) is 0.395. The lowest BCUT2D eigenvalue weighted by atomic mass is 10.2. The van der Waals surface area contributed by atoms with Gasteiger partial charge in [0.1, 0.15) is 0 Å². The molecule has 140 valence electrons. The van der Waals surface area contributed by atoms with Crippen LogP contribution in [0.1, 0.15) is 27.0 Å². The lowest BCUT2D eigenvalue weighted by molar-refractivity contribution is -0.118. The lowest BCUT2D eigenvalue weighted by Crippen LogP contribution is -2.22. The van der Waals surface area contributed by atoms with Crippen molar-refractivity contribution in [2.45, 2.75) is 25.4 Å². The molecule has 0 atom stereocenters. The van der Waals surface area contributed by atoms with E-state index in [1.165, 1.54) is 35.6 Å². The summed E-state index contributed by atoms with van der Waals surface area (Å²) in [6.07, 6.45) is 4.40. The van der Waals surface area contributed by atoms with Gasteiger partial charge in [-0.1, -0.05) is 23.9 Å². The van der Waals surface area contributed by atoms with Gasteiger partial charge in [-0.25, -0.2) is 4.98 Å². The number of nitrogens with one attached hydrogen (secondary N) is 1. The maximum Gasteiger partial charge on any atom is 0.216 e. The maximum atomic E-state index is 12.5. The number of aromatic nitrogens is 2. The second-order valence-corrected chi connectivity index (χ2v) is 8.24. The van der Waals surface area contributed by atoms with Crippen LogP contribution in [0.5, 0.6) is 0 Å². The molecule has 0 spiro atoms. The van der Waals surface area contributed by atoms with Gasteiger partial charge in [-0.2, -0.15) is 0 Å². The summed E-state index contributed by atoms with van der Waals surface area (Å²) >= 11 is 2.93. The summed E-state index contributed by atoms with van der Waals surface area (Å²) in [5, 5.41) is 3.57. The Bertz CT molecular complexity index is 946. The lowest BCUT2D eigenvalue weighted by Gasteiger charge is -2.07. The molecule has 5 nitrogen and oxygen atoms in total. The largest absolute Gasteiger partial charge is 0.356 e. The SMILES string of the molecule is CC(=O)NCCc1ccc(C(=O)CSc2nccn2-c2cccc(C)c2)s1. The number of benzene rings is 1. The average molecular weight is 400 g/mol. The molecule has 7 heteroatoms. The number of ketones is 1. The van der Waals surface area contributed by atoms with Crippen molar-refractivity contribution in [1.29, 1.82) is 0 Å². The summed E-state index contributed by atoms with van der Waals surface area (Å²) in [6.45, 7) is 4.14. The highest BCUT2D eigenvalue weighted by Gasteiger charge is 2.13. The number of hydrogen-bond donors (Lipinski definition) is 1. The number of nitrogens with zero attached hydrogens (tertiary/aromatic N) is 2. The zero-order valence-electron chi connectivity index (χ0n) is 15.3. The van der Waals surface area contributed by atoms with Crippen molar-refractivity contribution in [3.05, 3.63) is 64.1 Å². The Labute approximate surface area is 166 Å². The molecular formula is C20H21N3O2S2. The summed E-state index contributed by atoms with van der Waals surface area (Å²) in [7, 11) is 0. The first-order valence-corrected chi connectivity index (χ1v) is 10.4. The van der Waals surface area contributed by atoms with E-state index in [0.717, 1.165) is 27.0 Å². The van der Waals surface area contributed by atoms with Gasteiger partial charge in [0, 0.05) is 36.4 Å². The van der Waals surface area contributed by atoms with Gasteiger partial charge in [-0.05, 0) is 43.2 Å². The van der Waals surface area contributed by atoms with Crippen LogP contribution in [0.15, 0.2) is 53.9 Å². The normalized spacial score (nSPS) is 10.7. The predicted molar refractivity (Wildman–Crippen MR) is 110 cm³/mol. The zero-order chi connectivity index (χ0) is 19.2. The van der Waals surface area contributed by atoms with E-state index in [1.54, 1.807) is 6.20 Å². The van der Waals surface area contributed by atoms with E-state index in [9.17, 15) is 9.59 Å². The van der Waals surface area contributed by atoms with Crippen LogP contribution in [-0.2, 0) is 11.2 Å². The van der Waals surface area contributed by atoms with Crippen LogP contribution < -0.4 is 5.32 Å². The molecule has 27 heavy (non-hydrogen) atoms. The highest BCUT2D eigenvalue weighted by molar-refractivity contribution is 7.99. The van der Waals surface area contributed by atoms with Gasteiger partial charge >= 0.3 is 0 Å². The van der Waals surface area contributed by atoms with Crippen LogP contribution in [0.3, 0.4) is 0 Å². The molecular weight excluding hydrogens is 378 g/mol. The first-order valence-electron chi connectivity index (χ1n) is 8.62. The van der Waals surface area contributed by atoms with Gasteiger partial charge < -0.3 is 5.32 Å². The molecule has 0 aliphatic carbocycles. The topological polar surface area (TPSA) is 64.0 Å². The third-order valence-corrected chi connectivity index (χ3v) is 6.05. The zero-order valence-corrected chi connectivity index (χ0v) is 16.9. The van der Waals surface area contributed by atoms with Gasteiger partial charge in [0.25, 0.3) is 0 Å². The van der Waals surface area contributed by atoms with E-state index < -0.39 is 0 Å². The minimum absolute atomic E-state index is 0.0385. The molecule has 2 heterocycles. The number of carbonyl (C=O) groups is 2. The van der Waals surface area contributed by atoms with E-state index in [-0.39, 0.29) is 11.7 Å². The van der Waals surface area contributed by atoms with Gasteiger partial charge in [0.05, 0.1) is 10.6 Å². The Hall–Kier alpha value is -2.38. The number of amides is 1. The van der Waals surface area contributed by atoms with Crippen LogP contribution in [0, 0.1) is 6.92 Å². The minimum atomic E-state index is -0.0385. The number of hydrogen-bond acceptors (Lipinski definition) is 5. The molecule has 0 radical (unpaired) electrons. The molecule has 0 saturated heterocycles. The van der Waals surface area contributed by atoms with E-state index in [1.807, 2.05) is 35.0 Å². The molecule has 0 unspecified atom stereocenters. The third kappa shape index (κ3) is 5.30. The Balaban J connectivity index is 1.60. The fraction of sp³-hybridized carbons (Fsp3) is 0.250. The predicted octanol–water partition coefficient (Wildman–Crippen LogP) is 3.90. The van der Waals surface area contributed by atoms with Gasteiger partial charge in [-0.15, -0.1) is 11.3 Å². The quantitative estimate of drug-likeness (QED) is 0.461. The van der Waals surface area contributed by atoms with E-state index in [2.05, 4.69) is 29.4 Å². The van der Waals surface area contributed by atoms with E-state index in [0.29, 0.717) is 12.3 Å². The molecule has 0 aliphatic heterocycles. The molecule has 0 aliphatic rings. The average Bonchev–Trinajstić information content (AvgIpc) is 3.29. The summed E-state index contributed by atoms with van der Waals surface area (Å²) in [6, 6.07) is 12.0. The fourth-order valence-corrected chi connectivity index (χ4v) is 4.49. The number of thioether (sulfide) groups is 1. The first kappa shape index (κ1) is 19.4. The van der Waals surface area contributed by atoms with E-state index >= 15 is 0 Å². The molecule has 1 aromatic carbocycles. The van der Waals surface area contributed by atoms with Gasteiger partial charge in [0.15, 0.2) is 10.9 Å².